The van der Waals surface area contributed by atoms with Crippen LogP contribution in [-0.2, 0) is 9.53 Å². The first-order chi connectivity index (χ1) is 11.4. The van der Waals surface area contributed by atoms with Gasteiger partial charge in [-0.3, -0.25) is 14.9 Å². The number of nitrogens with one attached hydrogen (secondary N) is 1. The third kappa shape index (κ3) is 4.29. The summed E-state index contributed by atoms with van der Waals surface area (Å²) in [5, 5.41) is 15.2. The maximum absolute atomic E-state index is 11.9. The molecular weight excluding hydrogens is 334 g/mol. The van der Waals surface area contributed by atoms with E-state index in [9.17, 15) is 19.7 Å². The zero-order valence-corrected chi connectivity index (χ0v) is 13.5. The number of anilines is 1. The van der Waals surface area contributed by atoms with E-state index in [4.69, 9.17) is 10.5 Å². The van der Waals surface area contributed by atoms with Gasteiger partial charge in [-0.05, 0) is 24.4 Å². The maximum atomic E-state index is 11.9. The van der Waals surface area contributed by atoms with E-state index < -0.39 is 23.4 Å². The number of nitro benzene ring substituents is 1. The molecule has 0 aliphatic rings. The molecule has 0 spiro atoms. The SMILES string of the molecule is C[C@H](NC(=O)COC(=O)c1ccc([N+](=O)[O-])cc1N)c1cccs1. The molecule has 0 saturated heterocycles. The van der Waals surface area contributed by atoms with E-state index in [1.165, 1.54) is 17.4 Å². The van der Waals surface area contributed by atoms with Crippen molar-refractivity contribution < 1.29 is 19.2 Å². The molecule has 2 rings (SSSR count). The zero-order valence-electron chi connectivity index (χ0n) is 12.7. The fraction of sp³-hybridized carbons (Fsp3) is 0.200. The minimum atomic E-state index is -0.818. The lowest BCUT2D eigenvalue weighted by molar-refractivity contribution is -0.384. The highest BCUT2D eigenvalue weighted by atomic mass is 32.1. The minimum Gasteiger partial charge on any atom is -0.452 e. The standard InChI is InChI=1S/C15H15N3O5S/c1-9(13-3-2-6-24-13)17-14(19)8-23-15(20)11-5-4-10(18(21)22)7-12(11)16/h2-7,9H,8,16H2,1H3,(H,17,19)/t9-/m0/s1. The van der Waals surface area contributed by atoms with Crippen LogP contribution in [0, 0.1) is 10.1 Å². The number of carbonyl (C=O) groups excluding carboxylic acids is 2. The quantitative estimate of drug-likeness (QED) is 0.357. The fourth-order valence-corrected chi connectivity index (χ4v) is 2.68. The number of carbonyl (C=O) groups is 2. The topological polar surface area (TPSA) is 125 Å². The molecule has 0 fully saturated rings. The van der Waals surface area contributed by atoms with Crippen LogP contribution >= 0.6 is 11.3 Å². The Bertz CT molecular complexity index is 760. The number of hydrogen-bond acceptors (Lipinski definition) is 7. The van der Waals surface area contributed by atoms with E-state index in [1.54, 1.807) is 0 Å². The van der Waals surface area contributed by atoms with Crippen LogP contribution in [0.25, 0.3) is 0 Å². The van der Waals surface area contributed by atoms with Gasteiger partial charge in [0.2, 0.25) is 0 Å². The molecule has 0 bridgehead atoms. The van der Waals surface area contributed by atoms with E-state index in [0.29, 0.717) is 0 Å². The Labute approximate surface area is 141 Å². The number of amides is 1. The lowest BCUT2D eigenvalue weighted by Gasteiger charge is -2.12. The molecule has 8 nitrogen and oxygen atoms in total. The number of nitrogens with two attached hydrogens (primary N) is 1. The van der Waals surface area contributed by atoms with Gasteiger partial charge in [-0.2, -0.15) is 0 Å². The molecule has 0 aliphatic heterocycles. The van der Waals surface area contributed by atoms with Gasteiger partial charge in [0, 0.05) is 17.0 Å². The van der Waals surface area contributed by atoms with Crippen LogP contribution in [0.2, 0.25) is 0 Å². The number of rotatable bonds is 6. The summed E-state index contributed by atoms with van der Waals surface area (Å²) in [4.78, 5) is 34.7. The number of thiophene rings is 1. The number of nitrogens with zero attached hydrogens (tertiary/aromatic N) is 1. The minimum absolute atomic E-state index is 0.0281. The average Bonchev–Trinajstić information content (AvgIpc) is 3.07. The number of nitrogen functional groups attached to an aromatic ring is 1. The normalized spacial score (nSPS) is 11.5. The van der Waals surface area contributed by atoms with Crippen molar-refractivity contribution in [2.24, 2.45) is 0 Å². The largest absolute Gasteiger partial charge is 0.452 e. The number of non-ortho nitro benzene ring substituents is 1. The van der Waals surface area contributed by atoms with Gasteiger partial charge < -0.3 is 15.8 Å². The van der Waals surface area contributed by atoms with Gasteiger partial charge in [0.05, 0.1) is 22.2 Å². The fourth-order valence-electron chi connectivity index (χ4n) is 1.95. The van der Waals surface area contributed by atoms with E-state index in [0.717, 1.165) is 17.0 Å². The molecule has 24 heavy (non-hydrogen) atoms. The Morgan fingerprint density at radius 1 is 1.42 bits per heavy atom. The Morgan fingerprint density at radius 3 is 2.75 bits per heavy atom. The van der Waals surface area contributed by atoms with Gasteiger partial charge in [-0.1, -0.05) is 6.07 Å². The Kier molecular flexibility index (Phi) is 5.48. The molecule has 9 heteroatoms. The van der Waals surface area contributed by atoms with Crippen LogP contribution in [0.1, 0.15) is 28.2 Å². The van der Waals surface area contributed by atoms with Crippen molar-refractivity contribution in [2.45, 2.75) is 13.0 Å². The number of ether oxygens (including phenoxy) is 1. The highest BCUT2D eigenvalue weighted by Gasteiger charge is 2.17. The number of hydrogen-bond donors (Lipinski definition) is 2. The van der Waals surface area contributed by atoms with Crippen molar-refractivity contribution in [2.75, 3.05) is 12.3 Å². The molecule has 1 heterocycles. The predicted molar refractivity (Wildman–Crippen MR) is 88.7 cm³/mol. The van der Waals surface area contributed by atoms with Crippen LogP contribution in [0.15, 0.2) is 35.7 Å². The summed E-state index contributed by atoms with van der Waals surface area (Å²) in [5.74, 6) is -1.27. The van der Waals surface area contributed by atoms with Gasteiger partial charge >= 0.3 is 5.97 Å². The Balaban J connectivity index is 1.91. The smallest absolute Gasteiger partial charge is 0.340 e. The Hall–Kier alpha value is -2.94. The molecule has 0 aliphatic carbocycles. The summed E-state index contributed by atoms with van der Waals surface area (Å²) in [6.07, 6.45) is 0. The number of esters is 1. The second kappa shape index (κ2) is 7.55. The van der Waals surface area contributed by atoms with Gasteiger partial charge in [0.15, 0.2) is 6.61 Å². The van der Waals surface area contributed by atoms with Crippen LogP contribution in [-0.4, -0.2) is 23.4 Å². The van der Waals surface area contributed by atoms with Crippen molar-refractivity contribution in [3.63, 3.8) is 0 Å². The van der Waals surface area contributed by atoms with Gasteiger partial charge in [0.25, 0.3) is 11.6 Å². The molecule has 1 aromatic heterocycles. The van der Waals surface area contributed by atoms with E-state index in [1.807, 2.05) is 24.4 Å². The molecule has 1 aromatic carbocycles. The van der Waals surface area contributed by atoms with E-state index in [-0.39, 0.29) is 23.0 Å². The maximum Gasteiger partial charge on any atom is 0.340 e. The van der Waals surface area contributed by atoms with Crippen molar-refractivity contribution in [3.8, 4) is 0 Å². The third-order valence-corrected chi connectivity index (χ3v) is 4.20. The van der Waals surface area contributed by atoms with Crippen LogP contribution in [0.4, 0.5) is 11.4 Å². The van der Waals surface area contributed by atoms with Crippen LogP contribution < -0.4 is 11.1 Å². The first-order valence-electron chi connectivity index (χ1n) is 6.92. The van der Waals surface area contributed by atoms with Crippen molar-refractivity contribution >= 4 is 34.6 Å². The van der Waals surface area contributed by atoms with Gasteiger partial charge in [0.1, 0.15) is 0 Å². The summed E-state index contributed by atoms with van der Waals surface area (Å²) in [5.41, 5.74) is 5.27. The molecule has 1 amide bonds. The predicted octanol–water partition coefficient (Wildman–Crippen LogP) is 2.27. The van der Waals surface area contributed by atoms with Crippen molar-refractivity contribution in [1.29, 1.82) is 0 Å². The van der Waals surface area contributed by atoms with E-state index >= 15 is 0 Å². The van der Waals surface area contributed by atoms with Gasteiger partial charge in [-0.15, -0.1) is 11.3 Å². The monoisotopic (exact) mass is 349 g/mol. The average molecular weight is 349 g/mol. The lowest BCUT2D eigenvalue weighted by atomic mass is 10.1. The zero-order chi connectivity index (χ0) is 17.7. The summed E-state index contributed by atoms with van der Waals surface area (Å²) < 4.78 is 4.89. The first kappa shape index (κ1) is 17.4. The first-order valence-corrected chi connectivity index (χ1v) is 7.80. The molecule has 3 N–H and O–H groups in total. The molecule has 0 saturated carbocycles. The van der Waals surface area contributed by atoms with E-state index in [2.05, 4.69) is 5.32 Å². The summed E-state index contributed by atoms with van der Waals surface area (Å²) in [6.45, 7) is 1.35. The molecule has 126 valence electrons. The molecular formula is C15H15N3O5S. The highest BCUT2D eigenvalue weighted by molar-refractivity contribution is 7.10. The summed E-state index contributed by atoms with van der Waals surface area (Å²) in [7, 11) is 0. The molecule has 0 radical (unpaired) electrons. The summed E-state index contributed by atoms with van der Waals surface area (Å²) in [6, 6.07) is 6.98. The lowest BCUT2D eigenvalue weighted by Crippen LogP contribution is -2.30. The van der Waals surface area contributed by atoms with Crippen molar-refractivity contribution in [3.05, 3.63) is 56.3 Å². The highest BCUT2D eigenvalue weighted by Crippen LogP contribution is 2.21. The number of benzene rings is 1. The van der Waals surface area contributed by atoms with Gasteiger partial charge in [-0.25, -0.2) is 4.79 Å². The molecule has 2 aromatic rings. The number of nitro groups is 1. The van der Waals surface area contributed by atoms with Crippen LogP contribution in [0.5, 0.6) is 0 Å². The molecule has 1 atom stereocenters. The second-order valence-corrected chi connectivity index (χ2v) is 5.89. The Morgan fingerprint density at radius 2 is 2.17 bits per heavy atom. The summed E-state index contributed by atoms with van der Waals surface area (Å²) >= 11 is 1.51. The van der Waals surface area contributed by atoms with Crippen molar-refractivity contribution in [1.82, 2.24) is 5.32 Å². The molecule has 0 unspecified atom stereocenters. The second-order valence-electron chi connectivity index (χ2n) is 4.91. The third-order valence-electron chi connectivity index (χ3n) is 3.15. The van der Waals surface area contributed by atoms with Crippen LogP contribution in [0.3, 0.4) is 0 Å².